The van der Waals surface area contributed by atoms with Crippen LogP contribution in [0.1, 0.15) is 26.7 Å². The third-order valence-corrected chi connectivity index (χ3v) is 4.71. The smallest absolute Gasteiger partial charge is 0.219 e. The first kappa shape index (κ1) is 21.4. The number of rotatable bonds is 4. The Balaban J connectivity index is 0.00000288. The highest BCUT2D eigenvalue weighted by molar-refractivity contribution is 14.0. The van der Waals surface area contributed by atoms with Crippen LogP contribution < -0.4 is 5.32 Å². The lowest BCUT2D eigenvalue weighted by atomic mass is 9.94. The van der Waals surface area contributed by atoms with E-state index in [4.69, 9.17) is 14.5 Å². The number of hydrogen-bond donors (Lipinski definition) is 1. The quantitative estimate of drug-likeness (QED) is 0.389. The molecule has 1 N–H and O–H groups in total. The van der Waals surface area contributed by atoms with Crippen molar-refractivity contribution >= 4 is 35.8 Å². The molecule has 0 bridgehead atoms. The molecule has 7 nitrogen and oxygen atoms in total. The van der Waals surface area contributed by atoms with Gasteiger partial charge in [0.05, 0.1) is 12.1 Å². The SMILES string of the molecule is CCNC(=NCC1(OC)CCOCC1)N1CCN(C(C)=O)CC1.I. The van der Waals surface area contributed by atoms with Crippen LogP contribution in [0.25, 0.3) is 0 Å². The highest BCUT2D eigenvalue weighted by Crippen LogP contribution is 2.24. The van der Waals surface area contributed by atoms with Crippen molar-refractivity contribution in [3.8, 4) is 0 Å². The average molecular weight is 454 g/mol. The zero-order valence-corrected chi connectivity index (χ0v) is 17.4. The number of carbonyl (C=O) groups excluding carboxylic acids is 1. The van der Waals surface area contributed by atoms with Gasteiger partial charge >= 0.3 is 0 Å². The summed E-state index contributed by atoms with van der Waals surface area (Å²) in [7, 11) is 1.76. The van der Waals surface area contributed by atoms with Gasteiger partial charge in [-0.2, -0.15) is 0 Å². The largest absolute Gasteiger partial charge is 0.381 e. The minimum Gasteiger partial charge on any atom is -0.381 e. The Bertz CT molecular complexity index is 420. The van der Waals surface area contributed by atoms with E-state index in [0.717, 1.165) is 64.7 Å². The number of nitrogens with one attached hydrogen (secondary N) is 1. The van der Waals surface area contributed by atoms with Gasteiger partial charge in [0, 0.05) is 72.8 Å². The Labute approximate surface area is 162 Å². The summed E-state index contributed by atoms with van der Waals surface area (Å²) in [5.74, 6) is 1.06. The van der Waals surface area contributed by atoms with E-state index in [-0.39, 0.29) is 35.5 Å². The molecule has 140 valence electrons. The molecule has 0 spiro atoms. The molecule has 2 aliphatic rings. The Kier molecular flexibility index (Phi) is 9.28. The molecule has 2 heterocycles. The lowest BCUT2D eigenvalue weighted by Gasteiger charge is -2.37. The molecule has 2 saturated heterocycles. The Hall–Kier alpha value is -0.610. The summed E-state index contributed by atoms with van der Waals surface area (Å²) in [5, 5.41) is 3.36. The molecule has 0 atom stereocenters. The minimum absolute atomic E-state index is 0. The third-order valence-electron chi connectivity index (χ3n) is 4.71. The number of aliphatic imine (C=N–C) groups is 1. The molecule has 0 aromatic rings. The molecular formula is C16H31IN4O3. The monoisotopic (exact) mass is 454 g/mol. The molecule has 1 amide bonds. The summed E-state index contributed by atoms with van der Waals surface area (Å²) < 4.78 is 11.2. The van der Waals surface area contributed by atoms with E-state index in [1.54, 1.807) is 14.0 Å². The lowest BCUT2D eigenvalue weighted by molar-refractivity contribution is -0.130. The fourth-order valence-electron chi connectivity index (χ4n) is 3.05. The maximum atomic E-state index is 11.4. The summed E-state index contributed by atoms with van der Waals surface area (Å²) in [6.07, 6.45) is 1.76. The molecule has 0 aromatic carbocycles. The maximum absolute atomic E-state index is 11.4. The molecule has 0 saturated carbocycles. The van der Waals surface area contributed by atoms with Crippen molar-refractivity contribution in [1.29, 1.82) is 0 Å². The van der Waals surface area contributed by atoms with Gasteiger partial charge in [-0.3, -0.25) is 9.79 Å². The molecule has 2 rings (SSSR count). The van der Waals surface area contributed by atoms with Gasteiger partial charge in [0.25, 0.3) is 0 Å². The molecular weight excluding hydrogens is 423 g/mol. The van der Waals surface area contributed by atoms with Gasteiger partial charge in [0.15, 0.2) is 5.96 Å². The number of ether oxygens (including phenoxy) is 2. The second-order valence-electron chi connectivity index (χ2n) is 6.16. The zero-order chi connectivity index (χ0) is 16.7. The first-order chi connectivity index (χ1) is 11.1. The number of amides is 1. The molecule has 0 aliphatic carbocycles. The van der Waals surface area contributed by atoms with Crippen molar-refractivity contribution in [2.75, 3.05) is 59.6 Å². The number of nitrogens with zero attached hydrogens (tertiary/aromatic N) is 3. The summed E-state index contributed by atoms with van der Waals surface area (Å²) >= 11 is 0. The van der Waals surface area contributed by atoms with Gasteiger partial charge in [-0.25, -0.2) is 0 Å². The standard InChI is InChI=1S/C16H30N4O3.HI/c1-4-17-15(20-9-7-19(8-10-20)14(2)21)18-13-16(22-3)5-11-23-12-6-16;/h4-13H2,1-3H3,(H,17,18);1H. The van der Waals surface area contributed by atoms with Crippen LogP contribution in [-0.2, 0) is 14.3 Å². The third kappa shape index (κ3) is 5.73. The summed E-state index contributed by atoms with van der Waals surface area (Å²) in [5.41, 5.74) is -0.208. The van der Waals surface area contributed by atoms with Crippen molar-refractivity contribution in [3.63, 3.8) is 0 Å². The number of hydrogen-bond acceptors (Lipinski definition) is 4. The van der Waals surface area contributed by atoms with Crippen LogP contribution >= 0.6 is 24.0 Å². The predicted octanol–water partition coefficient (Wildman–Crippen LogP) is 0.930. The minimum atomic E-state index is -0.208. The number of guanidine groups is 1. The number of piperazine rings is 1. The molecule has 0 unspecified atom stereocenters. The second-order valence-corrected chi connectivity index (χ2v) is 6.16. The van der Waals surface area contributed by atoms with Crippen molar-refractivity contribution in [3.05, 3.63) is 0 Å². The highest BCUT2D eigenvalue weighted by atomic mass is 127. The topological polar surface area (TPSA) is 66.4 Å². The predicted molar refractivity (Wildman–Crippen MR) is 105 cm³/mol. The zero-order valence-electron chi connectivity index (χ0n) is 15.0. The fourth-order valence-corrected chi connectivity index (χ4v) is 3.05. The fraction of sp³-hybridized carbons (Fsp3) is 0.875. The Morgan fingerprint density at radius 1 is 1.21 bits per heavy atom. The molecule has 0 radical (unpaired) electrons. The molecule has 2 fully saturated rings. The van der Waals surface area contributed by atoms with E-state index in [2.05, 4.69) is 17.1 Å². The van der Waals surface area contributed by atoms with Crippen LogP contribution in [0.4, 0.5) is 0 Å². The number of carbonyl (C=O) groups is 1. The van der Waals surface area contributed by atoms with Gasteiger partial charge in [-0.1, -0.05) is 0 Å². The highest BCUT2D eigenvalue weighted by Gasteiger charge is 2.32. The maximum Gasteiger partial charge on any atom is 0.219 e. The van der Waals surface area contributed by atoms with Crippen LogP contribution in [0.15, 0.2) is 4.99 Å². The van der Waals surface area contributed by atoms with E-state index in [9.17, 15) is 4.79 Å². The van der Waals surface area contributed by atoms with Crippen LogP contribution in [-0.4, -0.2) is 86.9 Å². The normalized spacial score (nSPS) is 21.2. The summed E-state index contributed by atoms with van der Waals surface area (Å²) in [4.78, 5) is 20.4. The van der Waals surface area contributed by atoms with Gasteiger partial charge in [-0.15, -0.1) is 24.0 Å². The van der Waals surface area contributed by atoms with E-state index in [1.807, 2.05) is 4.90 Å². The van der Waals surface area contributed by atoms with Gasteiger partial charge < -0.3 is 24.6 Å². The van der Waals surface area contributed by atoms with Crippen LogP contribution in [0.5, 0.6) is 0 Å². The number of halogens is 1. The summed E-state index contributed by atoms with van der Waals surface area (Å²) in [6, 6.07) is 0. The molecule has 8 heteroatoms. The first-order valence-corrected chi connectivity index (χ1v) is 8.52. The molecule has 2 aliphatic heterocycles. The van der Waals surface area contributed by atoms with E-state index >= 15 is 0 Å². The average Bonchev–Trinajstić information content (AvgIpc) is 2.59. The Morgan fingerprint density at radius 3 is 2.29 bits per heavy atom. The number of methoxy groups -OCH3 is 1. The van der Waals surface area contributed by atoms with Crippen LogP contribution in [0.3, 0.4) is 0 Å². The van der Waals surface area contributed by atoms with E-state index in [0.29, 0.717) is 6.54 Å². The molecule has 24 heavy (non-hydrogen) atoms. The van der Waals surface area contributed by atoms with Crippen LogP contribution in [0, 0.1) is 0 Å². The summed E-state index contributed by atoms with van der Waals surface area (Å²) in [6.45, 7) is 9.77. The van der Waals surface area contributed by atoms with E-state index in [1.165, 1.54) is 0 Å². The van der Waals surface area contributed by atoms with Crippen LogP contribution in [0.2, 0.25) is 0 Å². The first-order valence-electron chi connectivity index (χ1n) is 8.52. The van der Waals surface area contributed by atoms with Gasteiger partial charge in [-0.05, 0) is 6.92 Å². The van der Waals surface area contributed by atoms with Gasteiger partial charge in [0.1, 0.15) is 0 Å². The van der Waals surface area contributed by atoms with Crippen molar-refractivity contribution in [2.45, 2.75) is 32.3 Å². The molecule has 0 aromatic heterocycles. The van der Waals surface area contributed by atoms with Crippen molar-refractivity contribution in [1.82, 2.24) is 15.1 Å². The van der Waals surface area contributed by atoms with Crippen molar-refractivity contribution < 1.29 is 14.3 Å². The Morgan fingerprint density at radius 2 is 1.79 bits per heavy atom. The lowest BCUT2D eigenvalue weighted by Crippen LogP contribution is -2.54. The second kappa shape index (κ2) is 10.4. The van der Waals surface area contributed by atoms with Crippen molar-refractivity contribution in [2.24, 2.45) is 4.99 Å². The van der Waals surface area contributed by atoms with E-state index < -0.39 is 0 Å². The van der Waals surface area contributed by atoms with Gasteiger partial charge in [0.2, 0.25) is 5.91 Å².